The van der Waals surface area contributed by atoms with Gasteiger partial charge in [-0.15, -0.1) is 0 Å². The Labute approximate surface area is 167 Å². The highest BCUT2D eigenvalue weighted by atomic mass is 16.5. The second kappa shape index (κ2) is 10.1. The minimum absolute atomic E-state index is 0.248. The molecule has 1 aliphatic heterocycles. The lowest BCUT2D eigenvalue weighted by molar-refractivity contribution is -0.159. The van der Waals surface area contributed by atoms with E-state index < -0.39 is 42.0 Å². The summed E-state index contributed by atoms with van der Waals surface area (Å²) in [6.45, 7) is 9.83. The number of ether oxygens (including phenoxy) is 1. The third-order valence-electron chi connectivity index (χ3n) is 5.58. The second-order valence-corrected chi connectivity index (χ2v) is 8.45. The predicted octanol–water partition coefficient (Wildman–Crippen LogP) is 2.76. The first-order chi connectivity index (χ1) is 12.9. The van der Waals surface area contributed by atoms with Crippen molar-refractivity contribution in [2.75, 3.05) is 0 Å². The van der Waals surface area contributed by atoms with Crippen molar-refractivity contribution >= 4 is 17.5 Å². The number of aliphatic hydroxyl groups excluding tert-OH is 2. The van der Waals surface area contributed by atoms with Crippen LogP contribution in [0.5, 0.6) is 0 Å². The smallest absolute Gasteiger partial charge is 0.309 e. The SMILES string of the molecule is CC(=O)C1C/C=C(/C)C/C=C/[C@H](C)[C@H](O)[C@@H](C)C(=O)C(C)(C)[C@@H](O)CC(=O)O1. The molecule has 0 saturated carbocycles. The van der Waals surface area contributed by atoms with Crippen molar-refractivity contribution < 1.29 is 29.3 Å². The van der Waals surface area contributed by atoms with Gasteiger partial charge in [-0.1, -0.05) is 51.5 Å². The average molecular weight is 395 g/mol. The van der Waals surface area contributed by atoms with Gasteiger partial charge in [0, 0.05) is 18.3 Å². The zero-order valence-electron chi connectivity index (χ0n) is 17.8. The molecule has 0 saturated heterocycles. The lowest BCUT2D eigenvalue weighted by atomic mass is 9.73. The highest BCUT2D eigenvalue weighted by molar-refractivity contribution is 5.88. The summed E-state index contributed by atoms with van der Waals surface area (Å²) in [7, 11) is 0. The monoisotopic (exact) mass is 394 g/mol. The number of allylic oxidation sites excluding steroid dienone is 2. The van der Waals surface area contributed by atoms with Crippen LogP contribution in [0.4, 0.5) is 0 Å². The fourth-order valence-corrected chi connectivity index (χ4v) is 3.25. The van der Waals surface area contributed by atoms with E-state index in [-0.39, 0.29) is 23.9 Å². The van der Waals surface area contributed by atoms with Gasteiger partial charge in [0.2, 0.25) is 0 Å². The zero-order chi connectivity index (χ0) is 21.6. The maximum absolute atomic E-state index is 12.9. The highest BCUT2D eigenvalue weighted by Gasteiger charge is 2.42. The number of carbonyl (C=O) groups is 3. The van der Waals surface area contributed by atoms with Crippen molar-refractivity contribution in [3.8, 4) is 0 Å². The van der Waals surface area contributed by atoms with Crippen LogP contribution in [-0.4, -0.2) is 46.1 Å². The predicted molar refractivity (Wildman–Crippen MR) is 106 cm³/mol. The van der Waals surface area contributed by atoms with Crippen LogP contribution < -0.4 is 0 Å². The molecule has 0 aromatic heterocycles. The van der Waals surface area contributed by atoms with Gasteiger partial charge in [-0.3, -0.25) is 14.4 Å². The van der Waals surface area contributed by atoms with Gasteiger partial charge in [-0.05, 0) is 20.3 Å². The maximum atomic E-state index is 12.9. The largest absolute Gasteiger partial charge is 0.454 e. The zero-order valence-corrected chi connectivity index (χ0v) is 17.8. The maximum Gasteiger partial charge on any atom is 0.309 e. The minimum Gasteiger partial charge on any atom is -0.454 e. The quantitative estimate of drug-likeness (QED) is 0.524. The summed E-state index contributed by atoms with van der Waals surface area (Å²) in [5.74, 6) is -2.29. The first-order valence-corrected chi connectivity index (χ1v) is 9.80. The van der Waals surface area contributed by atoms with Crippen LogP contribution in [0.1, 0.15) is 60.8 Å². The van der Waals surface area contributed by atoms with Crippen LogP contribution in [0.2, 0.25) is 0 Å². The third-order valence-corrected chi connectivity index (χ3v) is 5.58. The molecular weight excluding hydrogens is 360 g/mol. The normalized spacial score (nSPS) is 36.1. The standard InChI is InChI=1S/C22H34O6/c1-13-8-7-9-14(2)20(26)15(3)21(27)22(5,6)18(24)12-19(25)28-17(11-10-13)16(4)23/h7,9-10,14-15,17-18,20,24,26H,8,11-12H2,1-6H3/b9-7+,13-10-/t14-,15+,17?,18-,20-/m0/s1. The summed E-state index contributed by atoms with van der Waals surface area (Å²) in [5.41, 5.74) is -0.250. The summed E-state index contributed by atoms with van der Waals surface area (Å²) < 4.78 is 5.25. The molecule has 0 aromatic rings. The molecule has 0 amide bonds. The molecule has 0 radical (unpaired) electrons. The Morgan fingerprint density at radius 2 is 1.82 bits per heavy atom. The topological polar surface area (TPSA) is 101 Å². The van der Waals surface area contributed by atoms with Crippen LogP contribution in [0, 0.1) is 17.3 Å². The molecule has 1 unspecified atom stereocenters. The molecule has 28 heavy (non-hydrogen) atoms. The van der Waals surface area contributed by atoms with E-state index in [9.17, 15) is 24.6 Å². The van der Waals surface area contributed by atoms with Gasteiger partial charge in [0.1, 0.15) is 5.78 Å². The van der Waals surface area contributed by atoms with E-state index in [1.807, 2.05) is 32.1 Å². The Balaban J connectivity index is 3.21. The molecule has 0 fully saturated rings. The summed E-state index contributed by atoms with van der Waals surface area (Å²) in [6.07, 6.45) is 3.02. The molecule has 1 aliphatic rings. The summed E-state index contributed by atoms with van der Waals surface area (Å²) in [6, 6.07) is 0. The average Bonchev–Trinajstić information content (AvgIpc) is 2.61. The highest BCUT2D eigenvalue weighted by Crippen LogP contribution is 2.31. The lowest BCUT2D eigenvalue weighted by Crippen LogP contribution is -2.45. The number of hydrogen-bond acceptors (Lipinski definition) is 6. The number of hydrogen-bond donors (Lipinski definition) is 2. The van der Waals surface area contributed by atoms with Gasteiger partial charge in [-0.2, -0.15) is 0 Å². The van der Waals surface area contributed by atoms with Crippen LogP contribution in [0.3, 0.4) is 0 Å². The van der Waals surface area contributed by atoms with E-state index in [2.05, 4.69) is 0 Å². The van der Waals surface area contributed by atoms with Crippen LogP contribution in [0.15, 0.2) is 23.8 Å². The minimum atomic E-state index is -1.29. The fourth-order valence-electron chi connectivity index (χ4n) is 3.25. The molecule has 2 N–H and O–H groups in total. The van der Waals surface area contributed by atoms with Crippen molar-refractivity contribution in [3.63, 3.8) is 0 Å². The molecule has 1 heterocycles. The summed E-state index contributed by atoms with van der Waals surface area (Å²) >= 11 is 0. The number of esters is 1. The molecule has 0 aromatic carbocycles. The number of Topliss-reactive ketones (excluding diaryl/α,β-unsaturated/α-hetero) is 2. The Bertz CT molecular complexity index is 645. The van der Waals surface area contributed by atoms with E-state index in [1.54, 1.807) is 20.8 Å². The number of ketones is 2. The Hall–Kier alpha value is -1.79. The molecule has 158 valence electrons. The van der Waals surface area contributed by atoms with Crippen molar-refractivity contribution in [2.45, 2.75) is 79.1 Å². The number of carbonyl (C=O) groups excluding carboxylic acids is 3. The fraction of sp³-hybridized carbons (Fsp3) is 0.682. The Morgan fingerprint density at radius 3 is 2.39 bits per heavy atom. The molecule has 6 heteroatoms. The van der Waals surface area contributed by atoms with Gasteiger partial charge in [0.05, 0.1) is 24.0 Å². The van der Waals surface area contributed by atoms with E-state index >= 15 is 0 Å². The molecule has 1 rings (SSSR count). The Morgan fingerprint density at radius 1 is 1.21 bits per heavy atom. The number of cyclic esters (lactones) is 1. The first kappa shape index (κ1) is 24.2. The number of rotatable bonds is 1. The van der Waals surface area contributed by atoms with Crippen LogP contribution in [0.25, 0.3) is 0 Å². The van der Waals surface area contributed by atoms with E-state index in [1.165, 1.54) is 6.92 Å². The summed E-state index contributed by atoms with van der Waals surface area (Å²) in [5, 5.41) is 21.1. The van der Waals surface area contributed by atoms with Gasteiger partial charge in [0.15, 0.2) is 11.9 Å². The van der Waals surface area contributed by atoms with Crippen molar-refractivity contribution in [2.24, 2.45) is 17.3 Å². The Kier molecular flexibility index (Phi) is 8.76. The van der Waals surface area contributed by atoms with Crippen molar-refractivity contribution in [1.29, 1.82) is 0 Å². The van der Waals surface area contributed by atoms with Gasteiger partial charge < -0.3 is 14.9 Å². The van der Waals surface area contributed by atoms with Crippen LogP contribution >= 0.6 is 0 Å². The third kappa shape index (κ3) is 6.38. The van der Waals surface area contributed by atoms with Crippen molar-refractivity contribution in [1.82, 2.24) is 0 Å². The molecular formula is C22H34O6. The van der Waals surface area contributed by atoms with Crippen molar-refractivity contribution in [3.05, 3.63) is 23.8 Å². The van der Waals surface area contributed by atoms with E-state index in [0.717, 1.165) is 5.57 Å². The lowest BCUT2D eigenvalue weighted by Gasteiger charge is -2.34. The van der Waals surface area contributed by atoms with Gasteiger partial charge in [0.25, 0.3) is 0 Å². The second-order valence-electron chi connectivity index (χ2n) is 8.45. The van der Waals surface area contributed by atoms with Gasteiger partial charge >= 0.3 is 5.97 Å². The molecule has 0 aliphatic carbocycles. The molecule has 6 nitrogen and oxygen atoms in total. The molecule has 0 bridgehead atoms. The number of aliphatic hydroxyl groups is 2. The summed E-state index contributed by atoms with van der Waals surface area (Å²) in [4.78, 5) is 37.0. The molecule has 5 atom stereocenters. The van der Waals surface area contributed by atoms with E-state index in [4.69, 9.17) is 4.74 Å². The molecule has 0 spiro atoms. The van der Waals surface area contributed by atoms with Gasteiger partial charge in [-0.25, -0.2) is 0 Å². The van der Waals surface area contributed by atoms with Crippen LogP contribution in [-0.2, 0) is 19.1 Å². The van der Waals surface area contributed by atoms with E-state index in [0.29, 0.717) is 6.42 Å². The first-order valence-electron chi connectivity index (χ1n) is 9.80.